The number of carboxylic acids is 1. The minimum atomic E-state index is -1.29. The molecule has 7 heteroatoms. The quantitative estimate of drug-likeness (QED) is 0.183. The Balaban J connectivity index is 2.13. The van der Waals surface area contributed by atoms with Gasteiger partial charge in [0.2, 0.25) is 0 Å². The first-order valence-corrected chi connectivity index (χ1v) is 13.3. The van der Waals surface area contributed by atoms with Gasteiger partial charge in [0.25, 0.3) is 0 Å². The summed E-state index contributed by atoms with van der Waals surface area (Å²) in [7, 11) is 0. The zero-order valence-electron chi connectivity index (χ0n) is 23.2. The van der Waals surface area contributed by atoms with Crippen LogP contribution in [0.4, 0.5) is 0 Å². The van der Waals surface area contributed by atoms with Crippen molar-refractivity contribution in [2.45, 2.75) is 83.6 Å². The summed E-state index contributed by atoms with van der Waals surface area (Å²) in [6.45, 7) is 19.6. The number of rotatable bonds is 12. The van der Waals surface area contributed by atoms with E-state index in [1.54, 1.807) is 36.0 Å². The summed E-state index contributed by atoms with van der Waals surface area (Å²) < 4.78 is 23.2. The van der Waals surface area contributed by atoms with E-state index in [0.29, 0.717) is 24.7 Å². The van der Waals surface area contributed by atoms with Gasteiger partial charge in [-0.1, -0.05) is 47.6 Å². The predicted molar refractivity (Wildman–Crippen MR) is 146 cm³/mol. The van der Waals surface area contributed by atoms with Crippen LogP contribution in [0.15, 0.2) is 41.3 Å². The number of ether oxygens (including phenoxy) is 4. The summed E-state index contributed by atoms with van der Waals surface area (Å²) in [6.07, 6.45) is 0. The molecule has 0 spiro atoms. The maximum atomic E-state index is 11.3. The molecule has 200 valence electrons. The SMILES string of the molecule is CCOCOc1c(C(C)(C)C)ccc(SCCOc2ccc(OC(C)(C)C(=O)O)cc2)c1C(C)(C)C. The Bertz CT molecular complexity index is 1000. The summed E-state index contributed by atoms with van der Waals surface area (Å²) >= 11 is 1.74. The number of aliphatic carboxylic acids is 1. The van der Waals surface area contributed by atoms with Gasteiger partial charge in [-0.05, 0) is 67.5 Å². The van der Waals surface area contributed by atoms with Gasteiger partial charge in [0.1, 0.15) is 17.2 Å². The minimum Gasteiger partial charge on any atom is -0.493 e. The van der Waals surface area contributed by atoms with Crippen molar-refractivity contribution < 1.29 is 28.8 Å². The fourth-order valence-electron chi connectivity index (χ4n) is 3.57. The smallest absolute Gasteiger partial charge is 0.347 e. The van der Waals surface area contributed by atoms with Gasteiger partial charge in [-0.3, -0.25) is 0 Å². The van der Waals surface area contributed by atoms with Crippen molar-refractivity contribution in [3.8, 4) is 17.2 Å². The maximum Gasteiger partial charge on any atom is 0.347 e. The van der Waals surface area contributed by atoms with Crippen molar-refractivity contribution >= 4 is 17.7 Å². The van der Waals surface area contributed by atoms with Gasteiger partial charge in [-0.2, -0.15) is 0 Å². The molecule has 0 aromatic heterocycles. The Labute approximate surface area is 220 Å². The molecule has 0 aliphatic carbocycles. The molecule has 0 saturated carbocycles. The molecule has 2 aromatic rings. The van der Waals surface area contributed by atoms with Crippen LogP contribution in [0.25, 0.3) is 0 Å². The highest BCUT2D eigenvalue weighted by atomic mass is 32.2. The van der Waals surface area contributed by atoms with Gasteiger partial charge in [0, 0.05) is 22.8 Å². The van der Waals surface area contributed by atoms with Gasteiger partial charge in [0.15, 0.2) is 12.4 Å². The van der Waals surface area contributed by atoms with Crippen LogP contribution < -0.4 is 14.2 Å². The fourth-order valence-corrected chi connectivity index (χ4v) is 4.67. The average Bonchev–Trinajstić information content (AvgIpc) is 2.76. The van der Waals surface area contributed by atoms with E-state index in [0.717, 1.165) is 11.5 Å². The number of thioether (sulfide) groups is 1. The number of carbonyl (C=O) groups is 1. The lowest BCUT2D eigenvalue weighted by Gasteiger charge is -2.31. The number of benzene rings is 2. The van der Waals surface area contributed by atoms with E-state index in [2.05, 4.69) is 53.7 Å². The third-order valence-electron chi connectivity index (χ3n) is 5.49. The van der Waals surface area contributed by atoms with Crippen molar-refractivity contribution in [2.24, 2.45) is 0 Å². The molecule has 0 fully saturated rings. The highest BCUT2D eigenvalue weighted by molar-refractivity contribution is 7.99. The predicted octanol–water partition coefficient (Wildman–Crippen LogP) is 7.07. The molecule has 2 aromatic carbocycles. The summed E-state index contributed by atoms with van der Waals surface area (Å²) in [4.78, 5) is 12.4. The van der Waals surface area contributed by atoms with Gasteiger partial charge >= 0.3 is 5.97 Å². The highest BCUT2D eigenvalue weighted by Gasteiger charge is 2.30. The highest BCUT2D eigenvalue weighted by Crippen LogP contribution is 2.44. The van der Waals surface area contributed by atoms with E-state index < -0.39 is 11.6 Å². The first kappa shape index (κ1) is 29.8. The van der Waals surface area contributed by atoms with E-state index in [4.69, 9.17) is 18.9 Å². The molecule has 0 heterocycles. The molecule has 0 unspecified atom stereocenters. The standard InChI is InChI=1S/C29H42O6S/c1-10-32-19-34-25-22(27(2,3)4)15-16-23(24(25)28(5,6)7)36-18-17-33-20-11-13-21(14-12-20)35-29(8,9)26(30)31/h11-16H,10,17-19H2,1-9H3,(H,30,31). The van der Waals surface area contributed by atoms with Crippen molar-refractivity contribution in [1.29, 1.82) is 0 Å². The van der Waals surface area contributed by atoms with Crippen LogP contribution in [0.2, 0.25) is 0 Å². The topological polar surface area (TPSA) is 74.2 Å². The van der Waals surface area contributed by atoms with Gasteiger partial charge in [-0.25, -0.2) is 4.79 Å². The van der Waals surface area contributed by atoms with Crippen LogP contribution >= 0.6 is 11.8 Å². The van der Waals surface area contributed by atoms with Crippen LogP contribution in [0.3, 0.4) is 0 Å². The zero-order chi connectivity index (χ0) is 27.1. The first-order valence-electron chi connectivity index (χ1n) is 12.3. The molecule has 6 nitrogen and oxygen atoms in total. The molecule has 0 atom stereocenters. The third-order valence-corrected chi connectivity index (χ3v) is 6.51. The molecular weight excluding hydrogens is 476 g/mol. The van der Waals surface area contributed by atoms with Crippen LogP contribution in [-0.2, 0) is 20.4 Å². The molecular formula is C29H42O6S. The molecule has 2 rings (SSSR count). The summed E-state index contributed by atoms with van der Waals surface area (Å²) in [5.41, 5.74) is 0.871. The molecule has 0 bridgehead atoms. The first-order chi connectivity index (χ1) is 16.7. The van der Waals surface area contributed by atoms with Crippen LogP contribution in [-0.4, -0.2) is 42.4 Å². The van der Waals surface area contributed by atoms with Gasteiger partial charge in [0.05, 0.1) is 6.61 Å². The number of hydrogen-bond acceptors (Lipinski definition) is 6. The molecule has 0 saturated heterocycles. The maximum absolute atomic E-state index is 11.3. The molecule has 0 aliphatic rings. The van der Waals surface area contributed by atoms with Crippen molar-refractivity contribution in [3.63, 3.8) is 0 Å². The van der Waals surface area contributed by atoms with Crippen molar-refractivity contribution in [3.05, 3.63) is 47.5 Å². The second-order valence-corrected chi connectivity index (χ2v) is 12.3. The Kier molecular flexibility index (Phi) is 10.1. The van der Waals surface area contributed by atoms with E-state index in [1.165, 1.54) is 29.9 Å². The number of hydrogen-bond donors (Lipinski definition) is 1. The lowest BCUT2D eigenvalue weighted by Crippen LogP contribution is -2.37. The van der Waals surface area contributed by atoms with Crippen LogP contribution in [0.5, 0.6) is 17.2 Å². The second kappa shape index (κ2) is 12.2. The van der Waals surface area contributed by atoms with E-state index in [-0.39, 0.29) is 17.6 Å². The van der Waals surface area contributed by atoms with E-state index in [1.807, 2.05) is 6.92 Å². The Morgan fingerprint density at radius 1 is 0.861 bits per heavy atom. The van der Waals surface area contributed by atoms with E-state index >= 15 is 0 Å². The lowest BCUT2D eigenvalue weighted by molar-refractivity contribution is -0.152. The molecule has 0 amide bonds. The van der Waals surface area contributed by atoms with Crippen molar-refractivity contribution in [2.75, 3.05) is 25.8 Å². The Morgan fingerprint density at radius 3 is 2.00 bits per heavy atom. The Hall–Kier alpha value is -2.38. The number of carboxylic acid groups (broad SMARTS) is 1. The van der Waals surface area contributed by atoms with E-state index in [9.17, 15) is 9.90 Å². The van der Waals surface area contributed by atoms with Gasteiger partial charge < -0.3 is 24.1 Å². The molecule has 36 heavy (non-hydrogen) atoms. The minimum absolute atomic E-state index is 0.0661. The molecule has 0 radical (unpaired) electrons. The van der Waals surface area contributed by atoms with Crippen LogP contribution in [0, 0.1) is 0 Å². The average molecular weight is 519 g/mol. The largest absolute Gasteiger partial charge is 0.493 e. The fraction of sp³-hybridized carbons (Fsp3) is 0.552. The normalized spacial score (nSPS) is 12.4. The summed E-state index contributed by atoms with van der Waals surface area (Å²) in [5, 5.41) is 9.22. The van der Waals surface area contributed by atoms with Crippen LogP contribution in [0.1, 0.15) is 73.4 Å². The molecule has 0 aliphatic heterocycles. The molecule has 1 N–H and O–H groups in total. The summed E-state index contributed by atoms with van der Waals surface area (Å²) in [5.74, 6) is 1.84. The Morgan fingerprint density at radius 2 is 1.47 bits per heavy atom. The monoisotopic (exact) mass is 518 g/mol. The van der Waals surface area contributed by atoms with Crippen molar-refractivity contribution in [1.82, 2.24) is 0 Å². The third kappa shape index (κ3) is 8.34. The second-order valence-electron chi connectivity index (χ2n) is 11.2. The zero-order valence-corrected chi connectivity index (χ0v) is 24.0. The van der Waals surface area contributed by atoms with Gasteiger partial charge in [-0.15, -0.1) is 11.8 Å². The summed E-state index contributed by atoms with van der Waals surface area (Å²) in [6, 6.07) is 11.4. The lowest BCUT2D eigenvalue weighted by atomic mass is 9.79.